The van der Waals surface area contributed by atoms with Crippen molar-refractivity contribution in [3.63, 3.8) is 0 Å². The van der Waals surface area contributed by atoms with E-state index in [0.717, 1.165) is 11.1 Å². The van der Waals surface area contributed by atoms with E-state index in [1.165, 1.54) is 88.4 Å². The van der Waals surface area contributed by atoms with Crippen LogP contribution in [0.5, 0.6) is 0 Å². The quantitative estimate of drug-likeness (QED) is 0.105. The highest BCUT2D eigenvalue weighted by atomic mass is 28.3. The van der Waals surface area contributed by atoms with Crippen molar-refractivity contribution in [3.8, 4) is 22.9 Å². The second-order valence-electron chi connectivity index (χ2n) is 34.1. The van der Waals surface area contributed by atoms with E-state index in [9.17, 15) is 0 Å². The molecule has 0 fully saturated rings. The van der Waals surface area contributed by atoms with Gasteiger partial charge in [-0.25, -0.2) is 0 Å². The molecule has 4 heteroatoms. The fourth-order valence-electron chi connectivity index (χ4n) is 15.4. The van der Waals surface area contributed by atoms with E-state index in [1.54, 1.807) is 0 Å². The second kappa shape index (κ2) is 23.4. The summed E-state index contributed by atoms with van der Waals surface area (Å²) in [5.41, 5.74) is 35.1. The number of hydrogen-bond donors (Lipinski definition) is 0. The van der Waals surface area contributed by atoms with Crippen LogP contribution in [0.1, 0.15) is 274 Å². The smallest absolute Gasteiger partial charge is 0.125 e. The zero-order valence-electron chi connectivity index (χ0n) is 58.9. The highest BCUT2D eigenvalue weighted by Gasteiger charge is 2.45. The third kappa shape index (κ3) is 12.8. The first-order valence-electron chi connectivity index (χ1n) is 32.7. The summed E-state index contributed by atoms with van der Waals surface area (Å²) in [6.45, 7) is 72.6. The summed E-state index contributed by atoms with van der Waals surface area (Å²) in [4.78, 5) is 0. The molecule has 0 saturated carbocycles. The second-order valence-corrected chi connectivity index (χ2v) is 45.3. The van der Waals surface area contributed by atoms with Gasteiger partial charge in [0.05, 0.1) is 0 Å². The Balaban J connectivity index is 1.68. The molecule has 2 aliphatic rings. The Morgan fingerprint density at radius 2 is 0.536 bits per heavy atom. The van der Waals surface area contributed by atoms with Crippen molar-refractivity contribution >= 4 is 86.7 Å². The normalized spacial score (nSPS) is 14.4. The van der Waals surface area contributed by atoms with Crippen molar-refractivity contribution < 1.29 is 0 Å². The van der Waals surface area contributed by atoms with E-state index in [2.05, 4.69) is 328 Å². The lowest BCUT2D eigenvalue weighted by molar-refractivity contribution is 0.552. The lowest BCUT2D eigenvalue weighted by Crippen LogP contribution is -2.60. The van der Waals surface area contributed by atoms with Gasteiger partial charge < -0.3 is 0 Å². The Bertz CT molecular complexity index is 3140. The van der Waals surface area contributed by atoms with Gasteiger partial charge in [0.25, 0.3) is 0 Å². The molecule has 0 amide bonds. The fraction of sp³-hybridized carbons (Fsp3) is 0.525. The standard InChI is InChI=1S/C80H112B2Si2/c1-51(2)83(52(3)4,53(5)6)41-39-57-31-37-69-59(43-57)33-35-61-45-72-62(46-71(61)81(69)73-65(77(19,20)21)47-63(75(13,14)15)48-66(73)78(22,23)24)36-34-60-44-58(40-42-84(54(7)8,55(9)10)56(11)12)32-38-70(60)82(72)74-67(79(25,26)27)49-64(76(16,17)18)50-68(74)80(28,29)30/h31-38,43-56H,1-30H3. The molecule has 5 aromatic carbocycles. The van der Waals surface area contributed by atoms with Crippen LogP contribution in [0.4, 0.5) is 0 Å². The summed E-state index contributed by atoms with van der Waals surface area (Å²) in [6, 6.07) is 30.2. The van der Waals surface area contributed by atoms with Gasteiger partial charge in [-0.3, -0.25) is 0 Å². The topological polar surface area (TPSA) is 0 Å². The third-order valence-corrected chi connectivity index (χ3v) is 32.7. The van der Waals surface area contributed by atoms with Gasteiger partial charge in [0.1, 0.15) is 16.1 Å². The fourth-order valence-corrected chi connectivity index (χ4v) is 25.8. The van der Waals surface area contributed by atoms with Crippen LogP contribution < -0.4 is 32.8 Å². The van der Waals surface area contributed by atoms with Crippen LogP contribution in [0.25, 0.3) is 24.3 Å². The van der Waals surface area contributed by atoms with Crippen LogP contribution in [-0.4, -0.2) is 29.6 Å². The number of benzene rings is 5. The molecule has 7 rings (SSSR count). The highest BCUT2D eigenvalue weighted by molar-refractivity contribution is 6.99. The first kappa shape index (κ1) is 66.8. The Morgan fingerprint density at radius 3 is 0.750 bits per heavy atom. The highest BCUT2D eigenvalue weighted by Crippen LogP contribution is 2.43. The van der Waals surface area contributed by atoms with E-state index in [0.29, 0.717) is 33.2 Å². The molecule has 84 heavy (non-hydrogen) atoms. The van der Waals surface area contributed by atoms with E-state index in [-0.39, 0.29) is 45.9 Å². The van der Waals surface area contributed by atoms with Gasteiger partial charge in [-0.15, -0.1) is 11.1 Å². The summed E-state index contributed by atoms with van der Waals surface area (Å²) in [5.74, 6) is 7.80. The molecule has 0 N–H and O–H groups in total. The van der Waals surface area contributed by atoms with E-state index in [4.69, 9.17) is 0 Å². The molecule has 0 saturated heterocycles. The zero-order valence-corrected chi connectivity index (χ0v) is 60.9. The van der Waals surface area contributed by atoms with Crippen LogP contribution in [0.3, 0.4) is 0 Å². The molecule has 0 spiro atoms. The van der Waals surface area contributed by atoms with Gasteiger partial charge in [-0.1, -0.05) is 325 Å². The van der Waals surface area contributed by atoms with Gasteiger partial charge >= 0.3 is 0 Å². The molecule has 2 aliphatic heterocycles. The predicted octanol–water partition coefficient (Wildman–Crippen LogP) is 18.6. The maximum atomic E-state index is 4.10. The molecule has 5 aromatic rings. The summed E-state index contributed by atoms with van der Waals surface area (Å²) in [5, 5.41) is 0. The zero-order chi connectivity index (χ0) is 63.2. The monoisotopic (exact) mass is 1150 g/mol. The number of rotatable bonds is 8. The maximum Gasteiger partial charge on any atom is 0.243 e. The first-order valence-corrected chi connectivity index (χ1v) is 37.1. The molecule has 0 atom stereocenters. The molecule has 0 radical (unpaired) electrons. The van der Waals surface area contributed by atoms with Gasteiger partial charge in [-0.2, -0.15) is 0 Å². The van der Waals surface area contributed by atoms with Crippen LogP contribution >= 0.6 is 0 Å². The molecule has 0 aliphatic carbocycles. The molecule has 0 unspecified atom stereocenters. The molecular weight excluding hydrogens is 1040 g/mol. The molecule has 0 nitrogen and oxygen atoms in total. The first-order chi connectivity index (χ1) is 38.4. The number of fused-ring (bicyclic) bond motifs is 4. The van der Waals surface area contributed by atoms with Crippen molar-refractivity contribution in [2.24, 2.45) is 0 Å². The van der Waals surface area contributed by atoms with Crippen molar-refractivity contribution in [1.29, 1.82) is 0 Å². The summed E-state index contributed by atoms with van der Waals surface area (Å²) in [6.07, 6.45) is 9.87. The lowest BCUT2D eigenvalue weighted by Gasteiger charge is -2.38. The average Bonchev–Trinajstić information content (AvgIpc) is 1.22. The molecule has 0 aromatic heterocycles. The molecular formula is C80H112B2Si2. The molecule has 0 bridgehead atoms. The Labute approximate surface area is 519 Å². The minimum absolute atomic E-state index is 0.0315. The van der Waals surface area contributed by atoms with Crippen molar-refractivity contribution in [2.45, 2.75) is 273 Å². The third-order valence-electron chi connectivity index (χ3n) is 20.1. The Hall–Kier alpha value is -4.74. The Kier molecular flexibility index (Phi) is 18.6. The van der Waals surface area contributed by atoms with Crippen LogP contribution in [-0.2, 0) is 32.5 Å². The maximum absolute atomic E-state index is 4.10. The van der Waals surface area contributed by atoms with E-state index >= 15 is 0 Å². The van der Waals surface area contributed by atoms with Crippen molar-refractivity contribution in [3.05, 3.63) is 140 Å². The molecule has 446 valence electrons. The van der Waals surface area contributed by atoms with Gasteiger partial charge in [0.15, 0.2) is 0 Å². The van der Waals surface area contributed by atoms with Gasteiger partial charge in [-0.05, 0) is 146 Å². The minimum Gasteiger partial charge on any atom is -0.125 e. The van der Waals surface area contributed by atoms with Crippen LogP contribution in [0, 0.1) is 22.9 Å². The largest absolute Gasteiger partial charge is 0.243 e. The van der Waals surface area contributed by atoms with E-state index in [1.807, 2.05) is 0 Å². The summed E-state index contributed by atoms with van der Waals surface area (Å²) in [7, 11) is -3.99. The lowest BCUT2D eigenvalue weighted by atomic mass is 9.31. The Morgan fingerprint density at radius 1 is 0.298 bits per heavy atom. The summed E-state index contributed by atoms with van der Waals surface area (Å²) < 4.78 is 0. The van der Waals surface area contributed by atoms with Crippen molar-refractivity contribution in [2.75, 3.05) is 0 Å². The number of hydrogen-bond acceptors (Lipinski definition) is 0. The van der Waals surface area contributed by atoms with Crippen molar-refractivity contribution in [1.82, 2.24) is 0 Å². The average molecular weight is 1150 g/mol. The van der Waals surface area contributed by atoms with Gasteiger partial charge in [0.2, 0.25) is 13.4 Å². The van der Waals surface area contributed by atoms with Crippen LogP contribution in [0.15, 0.2) is 72.8 Å². The minimum atomic E-state index is -1.99. The SMILES string of the molecule is CC(C)[Si](C#Cc1ccc2c(c1)C=Cc1cc3c(cc1B2c1c(C(C)(C)C)cc(C(C)(C)C)cc1C(C)(C)C)C=Cc1cc(C#C[Si](C(C)C)(C(C)C)C(C)C)ccc1B3c1c(C(C)(C)C)cc(C(C)(C)C)cc1C(C)(C)C)(C(C)C)C(C)C. The molecule has 2 heterocycles. The van der Waals surface area contributed by atoms with E-state index < -0.39 is 16.1 Å². The van der Waals surface area contributed by atoms with Gasteiger partial charge in [0, 0.05) is 11.1 Å². The summed E-state index contributed by atoms with van der Waals surface area (Å²) >= 11 is 0. The predicted molar refractivity (Wildman–Crippen MR) is 387 cm³/mol. The van der Waals surface area contributed by atoms with Crippen LogP contribution in [0.2, 0.25) is 33.2 Å².